The first-order chi connectivity index (χ1) is 9.09. The summed E-state index contributed by atoms with van der Waals surface area (Å²) in [7, 11) is 4.16. The van der Waals surface area contributed by atoms with Crippen molar-refractivity contribution in [1.82, 2.24) is 10.2 Å². The van der Waals surface area contributed by atoms with Gasteiger partial charge in [-0.15, -0.1) is 0 Å². The van der Waals surface area contributed by atoms with E-state index in [0.717, 1.165) is 42.7 Å². The molecule has 0 atom stereocenters. The molecule has 1 N–H and O–H groups in total. The first-order valence-corrected chi connectivity index (χ1v) is 7.70. The molecule has 0 radical (unpaired) electrons. The summed E-state index contributed by atoms with van der Waals surface area (Å²) in [5, 5.41) is 4.06. The van der Waals surface area contributed by atoms with Crippen LogP contribution in [0.5, 0.6) is 5.75 Å². The van der Waals surface area contributed by atoms with Gasteiger partial charge in [-0.1, -0.05) is 27.5 Å². The molecule has 0 aliphatic heterocycles. The standard InChI is InChI=1S/C14H22BrClN2O.ClH/c1-18(2)9-8-17-7-3-4-10-19-14-6-5-12(15)11-13(14)16;/h5-6,11,17H,3-4,7-10H2,1-2H3;1H/p-1. The van der Waals surface area contributed by atoms with Crippen molar-refractivity contribution in [2.24, 2.45) is 0 Å². The van der Waals surface area contributed by atoms with Crippen LogP contribution >= 0.6 is 27.5 Å². The van der Waals surface area contributed by atoms with Crippen LogP contribution in [0.2, 0.25) is 5.02 Å². The molecular weight excluding hydrogens is 363 g/mol. The van der Waals surface area contributed by atoms with Crippen LogP contribution < -0.4 is 22.5 Å². The maximum Gasteiger partial charge on any atom is 0.137 e. The molecule has 0 bridgehead atoms. The Balaban J connectivity index is 0.00000361. The number of hydrogen-bond donors (Lipinski definition) is 1. The molecule has 1 aromatic rings. The lowest BCUT2D eigenvalue weighted by Crippen LogP contribution is -3.00. The summed E-state index contributed by atoms with van der Waals surface area (Å²) in [6, 6.07) is 5.67. The third-order valence-electron chi connectivity index (χ3n) is 2.64. The molecule has 116 valence electrons. The Hall–Kier alpha value is -0.000000000000000111. The van der Waals surface area contributed by atoms with E-state index in [1.807, 2.05) is 18.2 Å². The third kappa shape index (κ3) is 9.03. The minimum absolute atomic E-state index is 0. The van der Waals surface area contributed by atoms with Crippen LogP contribution in [0.25, 0.3) is 0 Å². The largest absolute Gasteiger partial charge is 1.00 e. The second-order valence-corrected chi connectivity index (χ2v) is 6.01. The quantitative estimate of drug-likeness (QED) is 0.624. The number of likely N-dealkylation sites (N-methyl/N-ethyl adjacent to an activating group) is 1. The van der Waals surface area contributed by atoms with Crippen molar-refractivity contribution in [3.63, 3.8) is 0 Å². The molecule has 0 amide bonds. The summed E-state index contributed by atoms with van der Waals surface area (Å²) >= 11 is 9.44. The summed E-state index contributed by atoms with van der Waals surface area (Å²) < 4.78 is 6.62. The highest BCUT2D eigenvalue weighted by atomic mass is 79.9. The first kappa shape index (κ1) is 20.0. The second-order valence-electron chi connectivity index (χ2n) is 4.68. The zero-order chi connectivity index (χ0) is 14.1. The molecule has 3 nitrogen and oxygen atoms in total. The predicted molar refractivity (Wildman–Crippen MR) is 85.3 cm³/mol. The first-order valence-electron chi connectivity index (χ1n) is 6.53. The molecule has 0 spiro atoms. The topological polar surface area (TPSA) is 24.5 Å². The normalized spacial score (nSPS) is 10.4. The third-order valence-corrected chi connectivity index (χ3v) is 3.42. The monoisotopic (exact) mass is 383 g/mol. The average Bonchev–Trinajstić information content (AvgIpc) is 2.34. The van der Waals surface area contributed by atoms with Gasteiger partial charge in [-0.05, 0) is 51.7 Å². The SMILES string of the molecule is CN(C)CCNCCCCOc1ccc(Br)cc1Cl.[Cl-]. The zero-order valence-corrected chi connectivity index (χ0v) is 15.1. The number of benzene rings is 1. The second kappa shape index (κ2) is 11.6. The summed E-state index contributed by atoms with van der Waals surface area (Å²) in [5.41, 5.74) is 0. The van der Waals surface area contributed by atoms with E-state index in [1.165, 1.54) is 0 Å². The fourth-order valence-corrected chi connectivity index (χ4v) is 2.28. The maximum atomic E-state index is 6.07. The molecule has 1 rings (SSSR count). The molecule has 0 heterocycles. The van der Waals surface area contributed by atoms with Crippen LogP contribution in [0.15, 0.2) is 22.7 Å². The van der Waals surface area contributed by atoms with E-state index in [9.17, 15) is 0 Å². The number of rotatable bonds is 9. The van der Waals surface area contributed by atoms with Crippen LogP contribution in [0.4, 0.5) is 0 Å². The van der Waals surface area contributed by atoms with Crippen LogP contribution in [0.1, 0.15) is 12.8 Å². The van der Waals surface area contributed by atoms with Crippen molar-refractivity contribution in [1.29, 1.82) is 0 Å². The van der Waals surface area contributed by atoms with Gasteiger partial charge in [0.1, 0.15) is 5.75 Å². The Morgan fingerprint density at radius 1 is 1.25 bits per heavy atom. The van der Waals surface area contributed by atoms with Crippen molar-refractivity contribution in [2.75, 3.05) is 40.3 Å². The van der Waals surface area contributed by atoms with Crippen LogP contribution in [0, 0.1) is 0 Å². The van der Waals surface area contributed by atoms with E-state index in [4.69, 9.17) is 16.3 Å². The van der Waals surface area contributed by atoms with E-state index >= 15 is 0 Å². The number of nitrogens with one attached hydrogen (secondary N) is 1. The average molecular weight is 385 g/mol. The van der Waals surface area contributed by atoms with Gasteiger partial charge in [0.2, 0.25) is 0 Å². The van der Waals surface area contributed by atoms with Crippen LogP contribution in [0.3, 0.4) is 0 Å². The van der Waals surface area contributed by atoms with Gasteiger partial charge < -0.3 is 27.4 Å². The van der Waals surface area contributed by atoms with Gasteiger partial charge in [-0.2, -0.15) is 0 Å². The van der Waals surface area contributed by atoms with Crippen LogP contribution in [-0.4, -0.2) is 45.2 Å². The fourth-order valence-electron chi connectivity index (χ4n) is 1.55. The highest BCUT2D eigenvalue weighted by molar-refractivity contribution is 9.10. The molecule has 0 saturated carbocycles. The van der Waals surface area contributed by atoms with Gasteiger partial charge >= 0.3 is 0 Å². The molecule has 0 aliphatic carbocycles. The van der Waals surface area contributed by atoms with Gasteiger partial charge in [-0.25, -0.2) is 0 Å². The van der Waals surface area contributed by atoms with E-state index < -0.39 is 0 Å². The van der Waals surface area contributed by atoms with Crippen LogP contribution in [-0.2, 0) is 0 Å². The Morgan fingerprint density at radius 2 is 2.00 bits per heavy atom. The van der Waals surface area contributed by atoms with Crippen molar-refractivity contribution in [3.05, 3.63) is 27.7 Å². The van der Waals surface area contributed by atoms with E-state index in [0.29, 0.717) is 11.6 Å². The Kier molecular flexibility index (Phi) is 11.6. The predicted octanol–water partition coefficient (Wildman–Crippen LogP) is 0.417. The highest BCUT2D eigenvalue weighted by Crippen LogP contribution is 2.27. The number of nitrogens with zero attached hydrogens (tertiary/aromatic N) is 1. The van der Waals surface area contributed by atoms with Crippen molar-refractivity contribution in [3.8, 4) is 5.75 Å². The van der Waals surface area contributed by atoms with Crippen molar-refractivity contribution >= 4 is 27.5 Å². The minimum Gasteiger partial charge on any atom is -1.00 e. The molecule has 0 aliphatic rings. The molecule has 0 unspecified atom stereocenters. The minimum atomic E-state index is 0. The number of halogens is 3. The van der Waals surface area contributed by atoms with E-state index in [1.54, 1.807) is 0 Å². The molecule has 1 aromatic carbocycles. The molecule has 0 saturated heterocycles. The highest BCUT2D eigenvalue weighted by Gasteiger charge is 2.01. The van der Waals surface area contributed by atoms with Gasteiger partial charge in [-0.3, -0.25) is 0 Å². The Bertz CT molecular complexity index is 378. The van der Waals surface area contributed by atoms with Gasteiger partial charge in [0, 0.05) is 17.6 Å². The van der Waals surface area contributed by atoms with Gasteiger partial charge in [0.05, 0.1) is 11.6 Å². The van der Waals surface area contributed by atoms with Crippen molar-refractivity contribution in [2.45, 2.75) is 12.8 Å². The summed E-state index contributed by atoms with van der Waals surface area (Å²) in [6.07, 6.45) is 2.14. The summed E-state index contributed by atoms with van der Waals surface area (Å²) in [5.74, 6) is 0.755. The Labute approximate surface area is 141 Å². The summed E-state index contributed by atoms with van der Waals surface area (Å²) in [4.78, 5) is 2.17. The smallest absolute Gasteiger partial charge is 0.137 e. The maximum absolute atomic E-state index is 6.07. The van der Waals surface area contributed by atoms with E-state index in [2.05, 4.69) is 40.2 Å². The molecule has 6 heteroatoms. The van der Waals surface area contributed by atoms with Gasteiger partial charge in [0.25, 0.3) is 0 Å². The molecular formula is C14H22BrCl2N2O-. The van der Waals surface area contributed by atoms with Crippen molar-refractivity contribution < 1.29 is 17.1 Å². The fraction of sp³-hybridized carbons (Fsp3) is 0.571. The zero-order valence-electron chi connectivity index (χ0n) is 12.0. The summed E-state index contributed by atoms with van der Waals surface area (Å²) in [6.45, 7) is 3.85. The Morgan fingerprint density at radius 3 is 2.65 bits per heavy atom. The lowest BCUT2D eigenvalue weighted by Gasteiger charge is -2.11. The number of ether oxygens (including phenoxy) is 1. The lowest BCUT2D eigenvalue weighted by molar-refractivity contribution is -0.00000434. The lowest BCUT2D eigenvalue weighted by atomic mass is 10.3. The molecule has 0 aromatic heterocycles. The number of unbranched alkanes of at least 4 members (excludes halogenated alkanes) is 1. The van der Waals surface area contributed by atoms with Gasteiger partial charge in [0.15, 0.2) is 0 Å². The number of hydrogen-bond acceptors (Lipinski definition) is 3. The molecule has 20 heavy (non-hydrogen) atoms. The molecule has 0 fully saturated rings. The van der Waals surface area contributed by atoms with E-state index in [-0.39, 0.29) is 12.4 Å².